The summed E-state index contributed by atoms with van der Waals surface area (Å²) in [5, 5.41) is 3.96. The molecule has 2 rings (SSSR count). The summed E-state index contributed by atoms with van der Waals surface area (Å²) in [6.07, 6.45) is 0. The van der Waals surface area contributed by atoms with Crippen molar-refractivity contribution in [2.45, 2.75) is 12.2 Å². The van der Waals surface area contributed by atoms with Gasteiger partial charge in [-0.2, -0.15) is 0 Å². The van der Waals surface area contributed by atoms with Gasteiger partial charge in [-0.3, -0.25) is 4.79 Å². The first-order valence-corrected chi connectivity index (χ1v) is 6.21. The molecule has 0 unspecified atom stereocenters. The van der Waals surface area contributed by atoms with Gasteiger partial charge in [0.2, 0.25) is 5.91 Å². The summed E-state index contributed by atoms with van der Waals surface area (Å²) < 4.78 is 0. The first-order valence-electron chi connectivity index (χ1n) is 4.58. The van der Waals surface area contributed by atoms with Gasteiger partial charge in [0, 0.05) is 0 Å². The number of carbonyl (C=O) groups excluding carboxylic acids is 1. The number of hydrogen-bond acceptors (Lipinski definition) is 3. The van der Waals surface area contributed by atoms with E-state index >= 15 is 0 Å². The Hall–Kier alpha value is -0.710. The number of hydrogen-bond donors (Lipinski definition) is 1. The van der Waals surface area contributed by atoms with Gasteiger partial charge in [0.25, 0.3) is 0 Å². The Kier molecular flexibility index (Phi) is 3.42. The Labute approximate surface area is 107 Å². The maximum atomic E-state index is 11.3. The van der Waals surface area contributed by atoms with Gasteiger partial charge < -0.3 is 5.32 Å². The standard InChI is InChI=1S/C10H8Cl2N2OS/c1-5-9(15)14-10(16-5)13-7-4-2-3-6(11)8(7)12/h2-5H,1H3,(H,13,14,15)/t5-/m0/s1. The number of halogens is 2. The van der Waals surface area contributed by atoms with Crippen molar-refractivity contribution >= 4 is 51.7 Å². The van der Waals surface area contributed by atoms with E-state index in [9.17, 15) is 4.79 Å². The topological polar surface area (TPSA) is 41.5 Å². The van der Waals surface area contributed by atoms with Crippen LogP contribution in [0.3, 0.4) is 0 Å². The molecule has 84 valence electrons. The summed E-state index contributed by atoms with van der Waals surface area (Å²) in [4.78, 5) is 15.5. The SMILES string of the molecule is C[C@@H]1SC(=Nc2cccc(Cl)c2Cl)NC1=O. The molecule has 0 aromatic heterocycles. The maximum absolute atomic E-state index is 11.3. The van der Waals surface area contributed by atoms with E-state index in [1.165, 1.54) is 11.8 Å². The van der Waals surface area contributed by atoms with Crippen LogP contribution in [0.5, 0.6) is 0 Å². The molecule has 1 aliphatic heterocycles. The molecule has 1 atom stereocenters. The van der Waals surface area contributed by atoms with Crippen LogP contribution in [0.2, 0.25) is 10.0 Å². The number of amides is 1. The highest BCUT2D eigenvalue weighted by Crippen LogP contribution is 2.33. The van der Waals surface area contributed by atoms with Crippen LogP contribution in [0, 0.1) is 0 Å². The van der Waals surface area contributed by atoms with Gasteiger partial charge in [-0.25, -0.2) is 4.99 Å². The highest BCUT2D eigenvalue weighted by atomic mass is 35.5. The van der Waals surface area contributed by atoms with Gasteiger partial charge >= 0.3 is 0 Å². The van der Waals surface area contributed by atoms with Crippen LogP contribution in [0.15, 0.2) is 23.2 Å². The number of benzene rings is 1. The maximum Gasteiger partial charge on any atom is 0.239 e. The summed E-state index contributed by atoms with van der Waals surface area (Å²) in [6.45, 7) is 1.82. The summed E-state index contributed by atoms with van der Waals surface area (Å²) in [6, 6.07) is 5.20. The van der Waals surface area contributed by atoms with Crippen molar-refractivity contribution in [2.24, 2.45) is 4.99 Å². The summed E-state index contributed by atoms with van der Waals surface area (Å²) in [5.74, 6) is -0.0399. The minimum absolute atomic E-state index is 0.0399. The molecule has 0 spiro atoms. The van der Waals surface area contributed by atoms with Gasteiger partial charge in [-0.05, 0) is 19.1 Å². The summed E-state index contributed by atoms with van der Waals surface area (Å²) >= 11 is 13.2. The number of nitrogens with one attached hydrogen (secondary N) is 1. The Morgan fingerprint density at radius 3 is 2.81 bits per heavy atom. The Morgan fingerprint density at radius 2 is 2.19 bits per heavy atom. The molecule has 1 aromatic rings. The van der Waals surface area contributed by atoms with Crippen molar-refractivity contribution in [3.63, 3.8) is 0 Å². The smallest absolute Gasteiger partial charge is 0.239 e. The van der Waals surface area contributed by atoms with Crippen LogP contribution < -0.4 is 5.32 Å². The molecule has 1 fully saturated rings. The second-order valence-electron chi connectivity index (χ2n) is 3.24. The largest absolute Gasteiger partial charge is 0.304 e. The Bertz CT molecular complexity index is 476. The second kappa shape index (κ2) is 4.65. The molecule has 1 heterocycles. The van der Waals surface area contributed by atoms with Crippen LogP contribution in [0.4, 0.5) is 5.69 Å². The van der Waals surface area contributed by atoms with E-state index < -0.39 is 0 Å². The predicted molar refractivity (Wildman–Crippen MR) is 68.8 cm³/mol. The van der Waals surface area contributed by atoms with Gasteiger partial charge in [0.1, 0.15) is 0 Å². The lowest BCUT2D eigenvalue weighted by Gasteiger charge is -2.01. The highest BCUT2D eigenvalue weighted by Gasteiger charge is 2.25. The average Bonchev–Trinajstić information content (AvgIpc) is 2.54. The third-order valence-electron chi connectivity index (χ3n) is 2.04. The van der Waals surface area contributed by atoms with E-state index in [0.29, 0.717) is 20.9 Å². The van der Waals surface area contributed by atoms with Gasteiger partial charge in [0.05, 0.1) is 21.0 Å². The predicted octanol–water partition coefficient (Wildman–Crippen LogP) is 3.23. The number of aliphatic imine (C=N–C) groups is 1. The fourth-order valence-corrected chi connectivity index (χ4v) is 2.35. The number of rotatable bonds is 1. The van der Waals surface area contributed by atoms with Crippen molar-refractivity contribution < 1.29 is 4.79 Å². The molecular weight excluding hydrogens is 267 g/mol. The van der Waals surface area contributed by atoms with Gasteiger partial charge in [0.15, 0.2) is 5.17 Å². The lowest BCUT2D eigenvalue weighted by molar-refractivity contribution is -0.118. The van der Waals surface area contributed by atoms with Crippen LogP contribution in [-0.2, 0) is 4.79 Å². The highest BCUT2D eigenvalue weighted by molar-refractivity contribution is 8.15. The number of nitrogens with zero attached hydrogens (tertiary/aromatic N) is 1. The first-order chi connectivity index (χ1) is 7.58. The monoisotopic (exact) mass is 274 g/mol. The minimum atomic E-state index is -0.114. The lowest BCUT2D eigenvalue weighted by atomic mass is 10.3. The number of thioether (sulfide) groups is 1. The molecule has 1 saturated heterocycles. The van der Waals surface area contributed by atoms with Crippen LogP contribution in [0.1, 0.15) is 6.92 Å². The van der Waals surface area contributed by atoms with Crippen molar-refractivity contribution in [1.82, 2.24) is 5.32 Å². The molecule has 1 amide bonds. The molecular formula is C10H8Cl2N2OS. The van der Waals surface area contributed by atoms with E-state index in [1.54, 1.807) is 18.2 Å². The summed E-state index contributed by atoms with van der Waals surface area (Å²) in [5.41, 5.74) is 0.561. The molecule has 16 heavy (non-hydrogen) atoms. The fraction of sp³-hybridized carbons (Fsp3) is 0.200. The molecule has 6 heteroatoms. The average molecular weight is 275 g/mol. The van der Waals surface area contributed by atoms with Gasteiger partial charge in [-0.1, -0.05) is 41.0 Å². The zero-order valence-electron chi connectivity index (χ0n) is 8.33. The van der Waals surface area contributed by atoms with E-state index in [-0.39, 0.29) is 11.2 Å². The third-order valence-corrected chi connectivity index (χ3v) is 3.83. The summed E-state index contributed by atoms with van der Waals surface area (Å²) in [7, 11) is 0. The van der Waals surface area contributed by atoms with Crippen LogP contribution in [0.25, 0.3) is 0 Å². The molecule has 0 aliphatic carbocycles. The van der Waals surface area contributed by atoms with Crippen LogP contribution >= 0.6 is 35.0 Å². The van der Waals surface area contributed by atoms with Gasteiger partial charge in [-0.15, -0.1) is 0 Å². The van der Waals surface area contributed by atoms with E-state index in [1.807, 2.05) is 6.92 Å². The number of carbonyl (C=O) groups is 1. The van der Waals surface area contributed by atoms with Crippen molar-refractivity contribution in [3.8, 4) is 0 Å². The molecule has 0 bridgehead atoms. The zero-order chi connectivity index (χ0) is 11.7. The third kappa shape index (κ3) is 2.34. The normalized spacial score (nSPS) is 22.6. The first kappa shape index (κ1) is 11.8. The molecule has 0 saturated carbocycles. The Morgan fingerprint density at radius 1 is 1.44 bits per heavy atom. The molecule has 0 radical (unpaired) electrons. The van der Waals surface area contributed by atoms with Crippen molar-refractivity contribution in [3.05, 3.63) is 28.2 Å². The van der Waals surface area contributed by atoms with Crippen molar-refractivity contribution in [1.29, 1.82) is 0 Å². The zero-order valence-corrected chi connectivity index (χ0v) is 10.7. The molecule has 3 nitrogen and oxygen atoms in total. The molecule has 1 N–H and O–H groups in total. The van der Waals surface area contributed by atoms with Crippen LogP contribution in [-0.4, -0.2) is 16.3 Å². The molecule has 1 aromatic carbocycles. The van der Waals surface area contributed by atoms with Crippen molar-refractivity contribution in [2.75, 3.05) is 0 Å². The lowest BCUT2D eigenvalue weighted by Crippen LogP contribution is -2.23. The van der Waals surface area contributed by atoms with E-state index in [0.717, 1.165) is 0 Å². The fourth-order valence-electron chi connectivity index (χ4n) is 1.20. The number of amidine groups is 1. The van der Waals surface area contributed by atoms with E-state index in [2.05, 4.69) is 10.3 Å². The Balaban J connectivity index is 2.30. The second-order valence-corrected chi connectivity index (χ2v) is 5.35. The van der Waals surface area contributed by atoms with E-state index in [4.69, 9.17) is 23.2 Å². The molecule has 1 aliphatic rings. The quantitative estimate of drug-likeness (QED) is 0.854. The minimum Gasteiger partial charge on any atom is -0.304 e.